The van der Waals surface area contributed by atoms with Crippen LogP contribution < -0.4 is 0 Å². The van der Waals surface area contributed by atoms with Crippen molar-refractivity contribution in [1.29, 1.82) is 0 Å². The highest BCUT2D eigenvalue weighted by Gasteiger charge is 2.06. The number of aryl methyl sites for hydroxylation is 2. The fourth-order valence-corrected chi connectivity index (χ4v) is 3.10. The van der Waals surface area contributed by atoms with Crippen molar-refractivity contribution >= 4 is 28.0 Å². The molecule has 92 valence electrons. The second-order valence-electron chi connectivity index (χ2n) is 4.08. The van der Waals surface area contributed by atoms with Crippen molar-refractivity contribution in [2.75, 3.05) is 0 Å². The van der Waals surface area contributed by atoms with E-state index in [-0.39, 0.29) is 4.45 Å². The Morgan fingerprint density at radius 2 is 1.06 bits per heavy atom. The minimum Gasteiger partial charge on any atom is -0.274 e. The van der Waals surface area contributed by atoms with Gasteiger partial charge in [-0.2, -0.15) is 0 Å². The molecule has 0 aliphatic carbocycles. The Kier molecular flexibility index (Phi) is 4.50. The molecule has 3 heteroatoms. The maximum absolute atomic E-state index is 11.9. The Bertz CT molecular complexity index is 480. The van der Waals surface area contributed by atoms with Gasteiger partial charge in [-0.15, -0.1) is 0 Å². The summed E-state index contributed by atoms with van der Waals surface area (Å²) in [7, 11) is 0. The van der Waals surface area contributed by atoms with Crippen LogP contribution in [0.15, 0.2) is 58.3 Å². The van der Waals surface area contributed by atoms with E-state index in [0.717, 1.165) is 9.79 Å². The van der Waals surface area contributed by atoms with E-state index in [2.05, 4.69) is 0 Å². The lowest BCUT2D eigenvalue weighted by atomic mass is 10.2. The number of hydrogen-bond acceptors (Lipinski definition) is 3. The molecule has 0 aromatic heterocycles. The summed E-state index contributed by atoms with van der Waals surface area (Å²) < 4.78 is 0.0997. The van der Waals surface area contributed by atoms with E-state index in [4.69, 9.17) is 0 Å². The van der Waals surface area contributed by atoms with Gasteiger partial charge in [-0.3, -0.25) is 4.79 Å². The Morgan fingerprint density at radius 3 is 1.39 bits per heavy atom. The quantitative estimate of drug-likeness (QED) is 0.691. The molecule has 2 rings (SSSR count). The smallest absolute Gasteiger partial charge is 0.255 e. The summed E-state index contributed by atoms with van der Waals surface area (Å²) in [4.78, 5) is 13.9. The molecular formula is C15H14OS2. The molecule has 18 heavy (non-hydrogen) atoms. The van der Waals surface area contributed by atoms with Crippen molar-refractivity contribution in [2.24, 2.45) is 0 Å². The second-order valence-corrected chi connectivity index (χ2v) is 6.43. The molecule has 0 aliphatic rings. The van der Waals surface area contributed by atoms with E-state index in [1.807, 2.05) is 62.4 Å². The summed E-state index contributed by atoms with van der Waals surface area (Å²) in [5, 5.41) is 0. The fourth-order valence-electron chi connectivity index (χ4n) is 1.43. The number of hydrogen-bond donors (Lipinski definition) is 0. The number of rotatable bonds is 2. The largest absolute Gasteiger partial charge is 0.274 e. The van der Waals surface area contributed by atoms with Gasteiger partial charge >= 0.3 is 0 Å². The van der Waals surface area contributed by atoms with E-state index >= 15 is 0 Å². The fraction of sp³-hybridized carbons (Fsp3) is 0.133. The lowest BCUT2D eigenvalue weighted by Crippen LogP contribution is -1.82. The Balaban J connectivity index is 1.96. The molecule has 0 aliphatic heterocycles. The highest BCUT2D eigenvalue weighted by atomic mass is 32.2. The van der Waals surface area contributed by atoms with Gasteiger partial charge in [-0.05, 0) is 61.6 Å². The van der Waals surface area contributed by atoms with Gasteiger partial charge in [-0.25, -0.2) is 0 Å². The first-order valence-electron chi connectivity index (χ1n) is 5.66. The van der Waals surface area contributed by atoms with Crippen molar-refractivity contribution in [2.45, 2.75) is 23.6 Å². The molecule has 2 aromatic rings. The van der Waals surface area contributed by atoms with E-state index in [1.54, 1.807) is 0 Å². The molecule has 0 spiro atoms. The third-order valence-corrected chi connectivity index (χ3v) is 4.29. The molecule has 0 radical (unpaired) electrons. The zero-order chi connectivity index (χ0) is 13.0. The summed E-state index contributed by atoms with van der Waals surface area (Å²) in [6.45, 7) is 4.08. The van der Waals surface area contributed by atoms with Crippen molar-refractivity contribution in [3.05, 3.63) is 59.7 Å². The first-order valence-corrected chi connectivity index (χ1v) is 7.30. The SMILES string of the molecule is Cc1ccc(SC(=O)Sc2ccc(C)cc2)cc1. The molecule has 0 atom stereocenters. The average molecular weight is 274 g/mol. The molecule has 0 amide bonds. The zero-order valence-corrected chi connectivity index (χ0v) is 12.0. The van der Waals surface area contributed by atoms with Gasteiger partial charge in [0.2, 0.25) is 0 Å². The molecule has 0 saturated heterocycles. The van der Waals surface area contributed by atoms with Crippen molar-refractivity contribution in [3.63, 3.8) is 0 Å². The summed E-state index contributed by atoms with van der Waals surface area (Å²) >= 11 is 2.55. The first kappa shape index (κ1) is 13.2. The van der Waals surface area contributed by atoms with Crippen LogP contribution in [0.3, 0.4) is 0 Å². The van der Waals surface area contributed by atoms with Crippen molar-refractivity contribution in [1.82, 2.24) is 0 Å². The van der Waals surface area contributed by atoms with Gasteiger partial charge in [0.15, 0.2) is 0 Å². The van der Waals surface area contributed by atoms with Crippen LogP contribution in [0.4, 0.5) is 4.79 Å². The van der Waals surface area contributed by atoms with Gasteiger partial charge in [0.05, 0.1) is 0 Å². The van der Waals surface area contributed by atoms with Gasteiger partial charge in [-0.1, -0.05) is 35.4 Å². The normalized spacial score (nSPS) is 10.3. The standard InChI is InChI=1S/C15H14OS2/c1-11-3-7-13(8-4-11)17-15(16)18-14-9-5-12(2)6-10-14/h3-10H,1-2H3. The molecule has 2 aromatic carbocycles. The van der Waals surface area contributed by atoms with Crippen LogP contribution in [-0.4, -0.2) is 4.45 Å². The predicted octanol–water partition coefficient (Wildman–Crippen LogP) is 5.31. The average Bonchev–Trinajstić information content (AvgIpc) is 2.35. The van der Waals surface area contributed by atoms with Crippen LogP contribution in [0.2, 0.25) is 0 Å². The lowest BCUT2D eigenvalue weighted by Gasteiger charge is -2.02. The maximum atomic E-state index is 11.9. The number of carbonyl (C=O) groups is 1. The lowest BCUT2D eigenvalue weighted by molar-refractivity contribution is 0.276. The van der Waals surface area contributed by atoms with Gasteiger partial charge in [0.25, 0.3) is 4.45 Å². The van der Waals surface area contributed by atoms with Crippen LogP contribution in [0, 0.1) is 13.8 Å². The van der Waals surface area contributed by atoms with E-state index in [1.165, 1.54) is 34.7 Å². The monoisotopic (exact) mass is 274 g/mol. The van der Waals surface area contributed by atoms with E-state index < -0.39 is 0 Å². The maximum Gasteiger partial charge on any atom is 0.255 e. The summed E-state index contributed by atoms with van der Waals surface area (Å²) in [5.74, 6) is 0. The van der Waals surface area contributed by atoms with Crippen LogP contribution in [0.25, 0.3) is 0 Å². The number of thioether (sulfide) groups is 2. The summed E-state index contributed by atoms with van der Waals surface area (Å²) in [6, 6.07) is 16.0. The highest BCUT2D eigenvalue weighted by Crippen LogP contribution is 2.30. The van der Waals surface area contributed by atoms with Gasteiger partial charge in [0, 0.05) is 9.79 Å². The Labute approximate surface area is 116 Å². The molecule has 0 heterocycles. The van der Waals surface area contributed by atoms with Crippen LogP contribution in [-0.2, 0) is 0 Å². The predicted molar refractivity (Wildman–Crippen MR) is 79.5 cm³/mol. The van der Waals surface area contributed by atoms with E-state index in [9.17, 15) is 4.79 Å². The Morgan fingerprint density at radius 1 is 0.722 bits per heavy atom. The number of carbonyl (C=O) groups excluding carboxylic acids is 1. The van der Waals surface area contributed by atoms with Gasteiger partial charge in [0.1, 0.15) is 0 Å². The minimum atomic E-state index is 0.0997. The van der Waals surface area contributed by atoms with Gasteiger partial charge < -0.3 is 0 Å². The highest BCUT2D eigenvalue weighted by molar-refractivity contribution is 8.38. The molecule has 0 unspecified atom stereocenters. The molecule has 0 N–H and O–H groups in total. The first-order chi connectivity index (χ1) is 8.63. The molecule has 0 bridgehead atoms. The third-order valence-electron chi connectivity index (χ3n) is 2.44. The van der Waals surface area contributed by atoms with Crippen LogP contribution in [0.5, 0.6) is 0 Å². The van der Waals surface area contributed by atoms with Crippen LogP contribution in [0.1, 0.15) is 11.1 Å². The third kappa shape index (κ3) is 3.93. The Hall–Kier alpha value is -1.19. The second kappa shape index (κ2) is 6.12. The topological polar surface area (TPSA) is 17.1 Å². The molecule has 0 saturated carbocycles. The van der Waals surface area contributed by atoms with E-state index in [0.29, 0.717) is 0 Å². The summed E-state index contributed by atoms with van der Waals surface area (Å²) in [6.07, 6.45) is 0. The van der Waals surface area contributed by atoms with Crippen LogP contribution >= 0.6 is 23.5 Å². The summed E-state index contributed by atoms with van der Waals surface area (Å²) in [5.41, 5.74) is 2.41. The molecular weight excluding hydrogens is 260 g/mol. The zero-order valence-electron chi connectivity index (χ0n) is 10.3. The number of benzene rings is 2. The molecule has 1 nitrogen and oxygen atoms in total. The van der Waals surface area contributed by atoms with Crippen molar-refractivity contribution in [3.8, 4) is 0 Å². The molecule has 0 fully saturated rings. The minimum absolute atomic E-state index is 0.0997. The van der Waals surface area contributed by atoms with Crippen molar-refractivity contribution < 1.29 is 4.79 Å².